The highest BCUT2D eigenvalue weighted by Crippen LogP contribution is 2.47. The molecule has 0 spiro atoms. The molecule has 1 aliphatic heterocycles. The Kier molecular flexibility index (Phi) is 5.58. The molecule has 0 N–H and O–H groups in total. The first-order valence-electron chi connectivity index (χ1n) is 7.79. The number of benzene rings is 1. The Balaban J connectivity index is 0.000000774. The van der Waals surface area contributed by atoms with E-state index in [1.807, 2.05) is 4.93 Å². The van der Waals surface area contributed by atoms with Crippen molar-refractivity contribution in [2.24, 2.45) is 5.92 Å². The van der Waals surface area contributed by atoms with Gasteiger partial charge in [0.25, 0.3) is 0 Å². The molecule has 0 amide bonds. The number of piperidine rings is 1. The van der Waals surface area contributed by atoms with E-state index in [1.165, 1.54) is 36.9 Å². The highest BCUT2D eigenvalue weighted by molar-refractivity contribution is 14.1. The molecule has 0 saturated carbocycles. The number of ether oxygens (including phenoxy) is 1. The molecule has 2 nitrogen and oxygen atoms in total. The first kappa shape index (κ1) is 17.1. The third-order valence-electron chi connectivity index (χ3n) is 5.42. The van der Waals surface area contributed by atoms with Crippen LogP contribution in [0.15, 0.2) is 18.2 Å². The Bertz CT molecular complexity index is 486. The number of likely N-dealkylation sites (N-methyl/N-ethyl adjacent to an activating group) is 1. The topological polar surface area (TPSA) is 12.5 Å². The number of fused-ring (bicyclic) bond motifs is 2. The molecule has 1 saturated heterocycles. The van der Waals surface area contributed by atoms with Crippen molar-refractivity contribution in [1.82, 2.24) is 4.90 Å². The standard InChI is InChI=1S/C17H25NO.CH3I/c1-17(2)14-6-5-9-18(3)16(14)10-12-7-8-13(19-4)11-15(12)17;1-2/h7-8,11,14,16H,5-6,9-10H2,1-4H3;1H3/t14-,16-;/m1./s1. The van der Waals surface area contributed by atoms with Crippen LogP contribution in [0.25, 0.3) is 0 Å². The quantitative estimate of drug-likeness (QED) is 0.514. The van der Waals surface area contributed by atoms with Crippen LogP contribution in [0, 0.1) is 5.92 Å². The molecule has 0 bridgehead atoms. The van der Waals surface area contributed by atoms with Gasteiger partial charge in [-0.1, -0.05) is 42.5 Å². The van der Waals surface area contributed by atoms with Gasteiger partial charge < -0.3 is 9.64 Å². The van der Waals surface area contributed by atoms with Gasteiger partial charge in [0.1, 0.15) is 5.75 Å². The second-order valence-electron chi connectivity index (χ2n) is 6.75. The molecule has 0 unspecified atom stereocenters. The SMILES string of the molecule is CI.COc1ccc2c(c1)C(C)(C)[C@@H]1CCCN(C)[C@@H]1C2. The number of hydrogen-bond acceptors (Lipinski definition) is 2. The van der Waals surface area contributed by atoms with Crippen molar-refractivity contribution in [3.63, 3.8) is 0 Å². The Labute approximate surface area is 143 Å². The number of rotatable bonds is 1. The third kappa shape index (κ3) is 3.09. The summed E-state index contributed by atoms with van der Waals surface area (Å²) in [6.45, 7) is 6.09. The van der Waals surface area contributed by atoms with Crippen LogP contribution in [-0.2, 0) is 11.8 Å². The Morgan fingerprint density at radius 3 is 2.67 bits per heavy atom. The molecule has 0 aromatic heterocycles. The Morgan fingerprint density at radius 1 is 1.29 bits per heavy atom. The fourth-order valence-corrected chi connectivity index (χ4v) is 4.25. The van der Waals surface area contributed by atoms with Crippen LogP contribution in [0.4, 0.5) is 0 Å². The maximum atomic E-state index is 5.42. The number of nitrogens with zero attached hydrogens (tertiary/aromatic N) is 1. The molecule has 118 valence electrons. The van der Waals surface area contributed by atoms with E-state index in [4.69, 9.17) is 4.74 Å². The van der Waals surface area contributed by atoms with Crippen LogP contribution < -0.4 is 4.74 Å². The van der Waals surface area contributed by atoms with Crippen molar-refractivity contribution in [3.05, 3.63) is 29.3 Å². The third-order valence-corrected chi connectivity index (χ3v) is 5.42. The van der Waals surface area contributed by atoms with Crippen LogP contribution in [0.1, 0.15) is 37.8 Å². The average molecular weight is 401 g/mol. The van der Waals surface area contributed by atoms with Gasteiger partial charge in [0, 0.05) is 6.04 Å². The van der Waals surface area contributed by atoms with Gasteiger partial charge >= 0.3 is 0 Å². The first-order valence-corrected chi connectivity index (χ1v) is 9.95. The van der Waals surface area contributed by atoms with Gasteiger partial charge in [-0.2, -0.15) is 0 Å². The summed E-state index contributed by atoms with van der Waals surface area (Å²) in [5.74, 6) is 1.76. The monoisotopic (exact) mass is 401 g/mol. The Morgan fingerprint density at radius 2 is 2.00 bits per heavy atom. The highest BCUT2D eigenvalue weighted by atomic mass is 127. The summed E-state index contributed by atoms with van der Waals surface area (Å²) in [5, 5.41) is 0. The van der Waals surface area contributed by atoms with Crippen LogP contribution in [-0.4, -0.2) is 36.6 Å². The fraction of sp³-hybridized carbons (Fsp3) is 0.667. The average Bonchev–Trinajstić information content (AvgIpc) is 2.50. The summed E-state index contributed by atoms with van der Waals surface area (Å²) in [4.78, 5) is 4.54. The van der Waals surface area contributed by atoms with Crippen LogP contribution in [0.2, 0.25) is 0 Å². The fourth-order valence-electron chi connectivity index (χ4n) is 4.25. The highest BCUT2D eigenvalue weighted by Gasteiger charge is 2.45. The van der Waals surface area contributed by atoms with Crippen LogP contribution >= 0.6 is 22.6 Å². The zero-order valence-corrected chi connectivity index (χ0v) is 16.1. The number of likely N-dealkylation sites (tertiary alicyclic amines) is 1. The minimum absolute atomic E-state index is 0.251. The summed E-state index contributed by atoms with van der Waals surface area (Å²) in [7, 11) is 4.05. The molecular weight excluding hydrogens is 373 g/mol. The van der Waals surface area contributed by atoms with Crippen molar-refractivity contribution in [2.75, 3.05) is 25.6 Å². The van der Waals surface area contributed by atoms with Crippen LogP contribution in [0.3, 0.4) is 0 Å². The molecule has 2 atom stereocenters. The number of alkyl halides is 1. The molecular formula is C18H28INO. The molecule has 1 heterocycles. The molecule has 1 aromatic carbocycles. The lowest BCUT2D eigenvalue weighted by Gasteiger charge is -2.51. The summed E-state index contributed by atoms with van der Waals surface area (Å²) < 4.78 is 5.42. The zero-order valence-electron chi connectivity index (χ0n) is 13.9. The van der Waals surface area contributed by atoms with Crippen molar-refractivity contribution in [1.29, 1.82) is 0 Å². The van der Waals surface area contributed by atoms with E-state index in [9.17, 15) is 0 Å². The molecule has 1 aromatic rings. The van der Waals surface area contributed by atoms with E-state index in [0.29, 0.717) is 6.04 Å². The van der Waals surface area contributed by atoms with Gasteiger partial charge in [0.2, 0.25) is 0 Å². The molecule has 2 aliphatic rings. The van der Waals surface area contributed by atoms with Gasteiger partial charge in [-0.05, 0) is 72.4 Å². The second-order valence-corrected chi connectivity index (χ2v) is 6.75. The summed E-state index contributed by atoms with van der Waals surface area (Å²) >= 11 is 2.15. The molecule has 1 aliphatic carbocycles. The molecule has 3 heteroatoms. The first-order chi connectivity index (χ1) is 10.0. The predicted molar refractivity (Wildman–Crippen MR) is 98.8 cm³/mol. The lowest BCUT2D eigenvalue weighted by molar-refractivity contribution is 0.0637. The normalized spacial score (nSPS) is 27.0. The van der Waals surface area contributed by atoms with E-state index in [1.54, 1.807) is 7.11 Å². The zero-order chi connectivity index (χ0) is 15.6. The van der Waals surface area contributed by atoms with Gasteiger partial charge in [0.05, 0.1) is 7.11 Å². The number of halogens is 1. The van der Waals surface area contributed by atoms with E-state index >= 15 is 0 Å². The largest absolute Gasteiger partial charge is 0.497 e. The van der Waals surface area contributed by atoms with Crippen molar-refractivity contribution >= 4 is 22.6 Å². The minimum Gasteiger partial charge on any atom is -0.497 e. The summed E-state index contributed by atoms with van der Waals surface area (Å²) in [5.41, 5.74) is 3.27. The predicted octanol–water partition coefficient (Wildman–Crippen LogP) is 4.29. The number of hydrogen-bond donors (Lipinski definition) is 0. The summed E-state index contributed by atoms with van der Waals surface area (Å²) in [6.07, 6.45) is 3.89. The lowest BCUT2D eigenvalue weighted by atomic mass is 9.60. The van der Waals surface area contributed by atoms with Crippen molar-refractivity contribution < 1.29 is 4.74 Å². The van der Waals surface area contributed by atoms with Gasteiger partial charge in [-0.15, -0.1) is 0 Å². The van der Waals surface area contributed by atoms with E-state index in [2.05, 4.69) is 66.6 Å². The Hall–Kier alpha value is -0.290. The van der Waals surface area contributed by atoms with Gasteiger partial charge in [0.15, 0.2) is 0 Å². The minimum atomic E-state index is 0.251. The molecule has 3 rings (SSSR count). The molecule has 21 heavy (non-hydrogen) atoms. The maximum absolute atomic E-state index is 5.42. The van der Waals surface area contributed by atoms with Crippen molar-refractivity contribution in [2.45, 2.75) is 44.6 Å². The molecule has 0 radical (unpaired) electrons. The van der Waals surface area contributed by atoms with E-state index < -0.39 is 0 Å². The lowest BCUT2D eigenvalue weighted by Crippen LogP contribution is -2.53. The van der Waals surface area contributed by atoms with E-state index in [0.717, 1.165) is 11.7 Å². The van der Waals surface area contributed by atoms with Crippen molar-refractivity contribution in [3.8, 4) is 5.75 Å². The molecule has 1 fully saturated rings. The second kappa shape index (κ2) is 6.86. The number of methoxy groups -OCH3 is 1. The summed E-state index contributed by atoms with van der Waals surface area (Å²) in [6, 6.07) is 7.36. The smallest absolute Gasteiger partial charge is 0.119 e. The van der Waals surface area contributed by atoms with Gasteiger partial charge in [-0.3, -0.25) is 0 Å². The van der Waals surface area contributed by atoms with E-state index in [-0.39, 0.29) is 5.41 Å². The van der Waals surface area contributed by atoms with Crippen LogP contribution in [0.5, 0.6) is 5.75 Å². The maximum Gasteiger partial charge on any atom is 0.119 e. The van der Waals surface area contributed by atoms with Gasteiger partial charge in [-0.25, -0.2) is 0 Å².